The van der Waals surface area contributed by atoms with E-state index >= 15 is 0 Å². The lowest BCUT2D eigenvalue weighted by Crippen LogP contribution is -2.45. The zero-order chi connectivity index (χ0) is 14.8. The zero-order valence-electron chi connectivity index (χ0n) is 12.1. The van der Waals surface area contributed by atoms with Gasteiger partial charge in [-0.25, -0.2) is 9.89 Å². The van der Waals surface area contributed by atoms with Gasteiger partial charge in [-0.15, -0.1) is 5.10 Å². The van der Waals surface area contributed by atoms with E-state index in [0.29, 0.717) is 11.8 Å². The van der Waals surface area contributed by atoms with Crippen LogP contribution < -0.4 is 11.0 Å². The van der Waals surface area contributed by atoms with E-state index in [1.54, 1.807) is 16.3 Å². The maximum Gasteiger partial charge on any atom is 0.343 e. The van der Waals surface area contributed by atoms with Crippen molar-refractivity contribution in [2.24, 2.45) is 0 Å². The quantitative estimate of drug-likeness (QED) is 0.859. The van der Waals surface area contributed by atoms with Crippen LogP contribution in [0.5, 0.6) is 0 Å². The SMILES string of the molecule is CCn1c(SC2CCC(C#N)(NC(C)C)C2)n[nH]c1=O. The van der Waals surface area contributed by atoms with Gasteiger partial charge in [0.1, 0.15) is 5.54 Å². The van der Waals surface area contributed by atoms with Crippen molar-refractivity contribution in [2.75, 3.05) is 0 Å². The first-order chi connectivity index (χ1) is 9.49. The molecule has 0 aromatic carbocycles. The number of nitriles is 1. The van der Waals surface area contributed by atoms with E-state index < -0.39 is 5.54 Å². The highest BCUT2D eigenvalue weighted by atomic mass is 32.2. The fraction of sp³-hybridized carbons (Fsp3) is 0.769. The summed E-state index contributed by atoms with van der Waals surface area (Å²) >= 11 is 1.60. The van der Waals surface area contributed by atoms with Crippen LogP contribution in [0.15, 0.2) is 9.95 Å². The van der Waals surface area contributed by atoms with Gasteiger partial charge in [-0.05, 0) is 40.0 Å². The molecule has 0 saturated heterocycles. The average molecular weight is 295 g/mol. The van der Waals surface area contributed by atoms with Crippen LogP contribution in [0.3, 0.4) is 0 Å². The molecule has 1 aromatic heterocycles. The fourth-order valence-corrected chi connectivity index (χ4v) is 4.08. The Labute approximate surface area is 122 Å². The highest BCUT2D eigenvalue weighted by Gasteiger charge is 2.40. The monoisotopic (exact) mass is 295 g/mol. The molecule has 1 heterocycles. The molecule has 110 valence electrons. The van der Waals surface area contributed by atoms with Crippen molar-refractivity contribution in [1.82, 2.24) is 20.1 Å². The summed E-state index contributed by atoms with van der Waals surface area (Å²) in [6, 6.07) is 2.73. The summed E-state index contributed by atoms with van der Waals surface area (Å²) in [5, 5.41) is 20.4. The molecule has 2 unspecified atom stereocenters. The van der Waals surface area contributed by atoms with Crippen LogP contribution >= 0.6 is 11.8 Å². The molecule has 7 heteroatoms. The number of H-pyrrole nitrogens is 1. The first-order valence-electron chi connectivity index (χ1n) is 7.00. The molecule has 0 amide bonds. The molecule has 0 aliphatic heterocycles. The minimum absolute atomic E-state index is 0.167. The molecule has 0 radical (unpaired) electrons. The third-order valence-electron chi connectivity index (χ3n) is 3.56. The first kappa shape index (κ1) is 15.1. The molecule has 1 saturated carbocycles. The lowest BCUT2D eigenvalue weighted by atomic mass is 9.99. The van der Waals surface area contributed by atoms with Crippen LogP contribution in [-0.2, 0) is 6.54 Å². The van der Waals surface area contributed by atoms with Gasteiger partial charge in [-0.2, -0.15) is 5.26 Å². The third kappa shape index (κ3) is 3.07. The van der Waals surface area contributed by atoms with Gasteiger partial charge in [0.05, 0.1) is 6.07 Å². The van der Waals surface area contributed by atoms with Crippen molar-refractivity contribution < 1.29 is 0 Å². The molecule has 20 heavy (non-hydrogen) atoms. The van der Waals surface area contributed by atoms with Gasteiger partial charge < -0.3 is 0 Å². The standard InChI is InChI=1S/C13H21N5OS/c1-4-18-11(19)16-17-12(18)20-10-5-6-13(7-10,8-14)15-9(2)3/h9-10,15H,4-7H2,1-3H3,(H,16,19). The van der Waals surface area contributed by atoms with Crippen molar-refractivity contribution >= 4 is 11.8 Å². The summed E-state index contributed by atoms with van der Waals surface area (Å²) in [6.07, 6.45) is 2.60. The molecule has 2 N–H and O–H groups in total. The van der Waals surface area contributed by atoms with E-state index in [1.807, 2.05) is 6.92 Å². The molecule has 1 fully saturated rings. The summed E-state index contributed by atoms with van der Waals surface area (Å²) < 4.78 is 1.63. The van der Waals surface area contributed by atoms with Crippen LogP contribution in [0.2, 0.25) is 0 Å². The molecule has 1 aliphatic carbocycles. The average Bonchev–Trinajstić information content (AvgIpc) is 2.94. The fourth-order valence-electron chi connectivity index (χ4n) is 2.74. The first-order valence-corrected chi connectivity index (χ1v) is 7.88. The van der Waals surface area contributed by atoms with Crippen molar-refractivity contribution in [3.05, 3.63) is 10.5 Å². The van der Waals surface area contributed by atoms with Gasteiger partial charge in [0.15, 0.2) is 5.16 Å². The Kier molecular flexibility index (Phi) is 4.55. The Hall–Kier alpha value is -1.26. The smallest absolute Gasteiger partial charge is 0.297 e. The van der Waals surface area contributed by atoms with Crippen molar-refractivity contribution in [1.29, 1.82) is 5.26 Å². The highest BCUT2D eigenvalue weighted by molar-refractivity contribution is 7.99. The van der Waals surface area contributed by atoms with Crippen LogP contribution in [0.25, 0.3) is 0 Å². The minimum Gasteiger partial charge on any atom is -0.297 e. The Balaban J connectivity index is 2.06. The summed E-state index contributed by atoms with van der Waals surface area (Å²) in [4.78, 5) is 11.5. The van der Waals surface area contributed by atoms with E-state index in [9.17, 15) is 10.1 Å². The lowest BCUT2D eigenvalue weighted by Gasteiger charge is -2.25. The molecular weight excluding hydrogens is 274 g/mol. The van der Waals surface area contributed by atoms with E-state index in [-0.39, 0.29) is 11.7 Å². The number of hydrogen-bond donors (Lipinski definition) is 2. The molecule has 0 spiro atoms. The van der Waals surface area contributed by atoms with Crippen LogP contribution in [0, 0.1) is 11.3 Å². The number of nitrogens with one attached hydrogen (secondary N) is 2. The van der Waals surface area contributed by atoms with E-state index in [1.165, 1.54) is 0 Å². The molecule has 6 nitrogen and oxygen atoms in total. The molecule has 0 bridgehead atoms. The van der Waals surface area contributed by atoms with Crippen molar-refractivity contribution in [3.63, 3.8) is 0 Å². The minimum atomic E-state index is -0.431. The topological polar surface area (TPSA) is 86.5 Å². The predicted octanol–water partition coefficient (Wildman–Crippen LogP) is 1.50. The summed E-state index contributed by atoms with van der Waals surface area (Å²) in [6.45, 7) is 6.65. The second kappa shape index (κ2) is 6.02. The van der Waals surface area contributed by atoms with E-state index in [4.69, 9.17) is 0 Å². The third-order valence-corrected chi connectivity index (χ3v) is 4.82. The summed E-state index contributed by atoms with van der Waals surface area (Å²) in [5.41, 5.74) is -0.598. The van der Waals surface area contributed by atoms with Crippen LogP contribution in [-0.4, -0.2) is 31.6 Å². The van der Waals surface area contributed by atoms with E-state index in [2.05, 4.69) is 35.4 Å². The maximum absolute atomic E-state index is 11.5. The van der Waals surface area contributed by atoms with E-state index in [0.717, 1.165) is 24.4 Å². The van der Waals surface area contributed by atoms with Gasteiger partial charge in [0.2, 0.25) is 0 Å². The Morgan fingerprint density at radius 3 is 3.05 bits per heavy atom. The Morgan fingerprint density at radius 1 is 1.70 bits per heavy atom. The largest absolute Gasteiger partial charge is 0.343 e. The lowest BCUT2D eigenvalue weighted by molar-refractivity contribution is 0.386. The van der Waals surface area contributed by atoms with Gasteiger partial charge >= 0.3 is 5.69 Å². The van der Waals surface area contributed by atoms with Gasteiger partial charge in [0, 0.05) is 17.8 Å². The predicted molar refractivity (Wildman–Crippen MR) is 78.6 cm³/mol. The number of rotatable bonds is 5. The van der Waals surface area contributed by atoms with Gasteiger partial charge in [0.25, 0.3) is 0 Å². The zero-order valence-corrected chi connectivity index (χ0v) is 13.0. The number of aromatic amines is 1. The number of hydrogen-bond acceptors (Lipinski definition) is 5. The van der Waals surface area contributed by atoms with Crippen LogP contribution in [0.1, 0.15) is 40.0 Å². The highest BCUT2D eigenvalue weighted by Crippen LogP contribution is 2.39. The number of nitrogens with zero attached hydrogens (tertiary/aromatic N) is 3. The molecule has 1 aliphatic rings. The van der Waals surface area contributed by atoms with Gasteiger partial charge in [-0.3, -0.25) is 9.88 Å². The summed E-state index contributed by atoms with van der Waals surface area (Å²) in [7, 11) is 0. The second-order valence-electron chi connectivity index (χ2n) is 5.53. The van der Waals surface area contributed by atoms with Crippen molar-refractivity contribution in [3.8, 4) is 6.07 Å². The normalized spacial score (nSPS) is 26.1. The molecule has 2 rings (SSSR count). The number of aromatic nitrogens is 3. The van der Waals surface area contributed by atoms with Gasteiger partial charge in [-0.1, -0.05) is 11.8 Å². The maximum atomic E-state index is 11.5. The van der Waals surface area contributed by atoms with Crippen molar-refractivity contribution in [2.45, 2.75) is 68.6 Å². The molecule has 2 atom stereocenters. The summed E-state index contributed by atoms with van der Waals surface area (Å²) in [5.74, 6) is 0. The molecule has 1 aromatic rings. The number of thioether (sulfide) groups is 1. The Morgan fingerprint density at radius 2 is 2.45 bits per heavy atom. The Bertz CT molecular complexity index is 558. The molecular formula is C13H21N5OS. The van der Waals surface area contributed by atoms with Crippen LogP contribution in [0.4, 0.5) is 0 Å². The second-order valence-corrected chi connectivity index (χ2v) is 6.80.